The number of hydrogen-bond donors (Lipinski definition) is 2. The van der Waals surface area contributed by atoms with Gasteiger partial charge in [0.15, 0.2) is 0 Å². The summed E-state index contributed by atoms with van der Waals surface area (Å²) in [4.78, 5) is 12.3. The van der Waals surface area contributed by atoms with Crippen molar-refractivity contribution in [2.45, 2.75) is 37.8 Å². The maximum absolute atomic E-state index is 12.3. The third-order valence-corrected chi connectivity index (χ3v) is 3.66. The molecule has 2 atom stereocenters. The molecule has 0 radical (unpaired) electrons. The van der Waals surface area contributed by atoms with Crippen LogP contribution < -0.4 is 14.8 Å². The van der Waals surface area contributed by atoms with E-state index in [1.54, 1.807) is 32.4 Å². The summed E-state index contributed by atoms with van der Waals surface area (Å²) in [6.45, 7) is 0. The molecule has 0 aromatic heterocycles. The molecule has 1 aliphatic rings. The summed E-state index contributed by atoms with van der Waals surface area (Å²) in [6, 6.07) is 4.86. The van der Waals surface area contributed by atoms with Crippen molar-refractivity contribution in [3.05, 3.63) is 23.8 Å². The Balaban J connectivity index is 2.11. The molecule has 110 valence electrons. The molecule has 5 nitrogen and oxygen atoms in total. The molecule has 1 saturated carbocycles. The fraction of sp³-hybridized carbons (Fsp3) is 0.533. The van der Waals surface area contributed by atoms with Crippen LogP contribution in [-0.4, -0.2) is 37.4 Å². The lowest BCUT2D eigenvalue weighted by Crippen LogP contribution is -2.45. The van der Waals surface area contributed by atoms with Crippen LogP contribution in [0.5, 0.6) is 11.5 Å². The molecule has 0 bridgehead atoms. The lowest BCUT2D eigenvalue weighted by Gasteiger charge is -2.28. The van der Waals surface area contributed by atoms with Gasteiger partial charge in [-0.15, -0.1) is 0 Å². The average Bonchev–Trinajstić information content (AvgIpc) is 2.48. The first-order chi connectivity index (χ1) is 9.63. The number of carbonyl (C=O) groups excluding carboxylic acids is 1. The molecule has 2 unspecified atom stereocenters. The summed E-state index contributed by atoms with van der Waals surface area (Å²) in [5.74, 6) is 0.922. The van der Waals surface area contributed by atoms with Crippen LogP contribution in [0.15, 0.2) is 18.2 Å². The Bertz CT molecular complexity index is 453. The lowest BCUT2D eigenvalue weighted by atomic mass is 9.92. The topological polar surface area (TPSA) is 67.8 Å². The van der Waals surface area contributed by atoms with Gasteiger partial charge in [0.05, 0.1) is 26.4 Å². The van der Waals surface area contributed by atoms with Crippen LogP contribution in [0, 0.1) is 0 Å². The summed E-state index contributed by atoms with van der Waals surface area (Å²) in [5, 5.41) is 12.8. The van der Waals surface area contributed by atoms with Gasteiger partial charge in [-0.05, 0) is 25.0 Å². The molecule has 2 N–H and O–H groups in total. The summed E-state index contributed by atoms with van der Waals surface area (Å²) < 4.78 is 10.3. The van der Waals surface area contributed by atoms with E-state index >= 15 is 0 Å². The molecule has 1 fully saturated rings. The van der Waals surface area contributed by atoms with Gasteiger partial charge in [0, 0.05) is 11.6 Å². The van der Waals surface area contributed by atoms with E-state index in [1.165, 1.54) is 0 Å². The standard InChI is InChI=1S/C15H21NO4/c1-19-11-7-10(8-12(9-11)20-2)15(18)16-13-5-3-4-6-14(13)17/h7-9,13-14,17H,3-6H2,1-2H3,(H,16,18). The van der Waals surface area contributed by atoms with Gasteiger partial charge in [0.2, 0.25) is 0 Å². The Hall–Kier alpha value is -1.75. The largest absolute Gasteiger partial charge is 0.497 e. The predicted octanol–water partition coefficient (Wildman–Crippen LogP) is 1.74. The molecular formula is C15H21NO4. The second kappa shape index (κ2) is 6.61. The van der Waals surface area contributed by atoms with E-state index in [0.717, 1.165) is 25.7 Å². The maximum atomic E-state index is 12.3. The smallest absolute Gasteiger partial charge is 0.251 e. The van der Waals surface area contributed by atoms with Crippen molar-refractivity contribution in [2.24, 2.45) is 0 Å². The number of amides is 1. The zero-order chi connectivity index (χ0) is 14.5. The molecule has 2 rings (SSSR count). The van der Waals surface area contributed by atoms with Crippen molar-refractivity contribution in [3.8, 4) is 11.5 Å². The van der Waals surface area contributed by atoms with Crippen molar-refractivity contribution in [1.82, 2.24) is 5.32 Å². The van der Waals surface area contributed by atoms with Crippen LogP contribution >= 0.6 is 0 Å². The van der Waals surface area contributed by atoms with Crippen LogP contribution in [0.1, 0.15) is 36.0 Å². The highest BCUT2D eigenvalue weighted by Gasteiger charge is 2.25. The molecule has 0 aliphatic heterocycles. The minimum absolute atomic E-state index is 0.173. The monoisotopic (exact) mass is 279 g/mol. The van der Waals surface area contributed by atoms with Crippen molar-refractivity contribution >= 4 is 5.91 Å². The van der Waals surface area contributed by atoms with E-state index in [1.807, 2.05) is 0 Å². The summed E-state index contributed by atoms with van der Waals surface area (Å²) in [6.07, 6.45) is 3.14. The third kappa shape index (κ3) is 3.42. The molecule has 1 aromatic rings. The predicted molar refractivity (Wildman–Crippen MR) is 75.3 cm³/mol. The van der Waals surface area contributed by atoms with Crippen molar-refractivity contribution < 1.29 is 19.4 Å². The second-order valence-electron chi connectivity index (χ2n) is 5.03. The molecule has 20 heavy (non-hydrogen) atoms. The van der Waals surface area contributed by atoms with Crippen LogP contribution in [0.2, 0.25) is 0 Å². The van der Waals surface area contributed by atoms with Gasteiger partial charge in [-0.25, -0.2) is 0 Å². The number of benzene rings is 1. The number of nitrogens with one attached hydrogen (secondary N) is 1. The van der Waals surface area contributed by atoms with E-state index in [-0.39, 0.29) is 11.9 Å². The zero-order valence-electron chi connectivity index (χ0n) is 11.9. The number of aliphatic hydroxyl groups excluding tert-OH is 1. The van der Waals surface area contributed by atoms with E-state index in [2.05, 4.69) is 5.32 Å². The normalized spacial score (nSPS) is 22.1. The van der Waals surface area contributed by atoms with Gasteiger partial charge < -0.3 is 19.9 Å². The van der Waals surface area contributed by atoms with Gasteiger partial charge in [-0.1, -0.05) is 12.8 Å². The molecule has 0 saturated heterocycles. The van der Waals surface area contributed by atoms with E-state index in [9.17, 15) is 9.90 Å². The Morgan fingerprint density at radius 1 is 1.15 bits per heavy atom. The summed E-state index contributed by atoms with van der Waals surface area (Å²) in [7, 11) is 3.09. The first-order valence-corrected chi connectivity index (χ1v) is 6.86. The number of carbonyl (C=O) groups is 1. The van der Waals surface area contributed by atoms with E-state index in [0.29, 0.717) is 17.1 Å². The first kappa shape index (κ1) is 14.7. The molecule has 1 amide bonds. The van der Waals surface area contributed by atoms with Crippen LogP contribution in [0.4, 0.5) is 0 Å². The first-order valence-electron chi connectivity index (χ1n) is 6.86. The van der Waals surface area contributed by atoms with Crippen LogP contribution in [0.25, 0.3) is 0 Å². The molecule has 5 heteroatoms. The number of ether oxygens (including phenoxy) is 2. The quantitative estimate of drug-likeness (QED) is 0.881. The van der Waals surface area contributed by atoms with Crippen molar-refractivity contribution in [2.75, 3.05) is 14.2 Å². The van der Waals surface area contributed by atoms with Crippen molar-refractivity contribution in [1.29, 1.82) is 0 Å². The maximum Gasteiger partial charge on any atom is 0.251 e. The summed E-state index contributed by atoms with van der Waals surface area (Å²) >= 11 is 0. The SMILES string of the molecule is COc1cc(OC)cc(C(=O)NC2CCCCC2O)c1. The third-order valence-electron chi connectivity index (χ3n) is 3.66. The van der Waals surface area contributed by atoms with Crippen LogP contribution in [-0.2, 0) is 0 Å². The van der Waals surface area contributed by atoms with Gasteiger partial charge in [-0.2, -0.15) is 0 Å². The Morgan fingerprint density at radius 3 is 2.30 bits per heavy atom. The number of rotatable bonds is 4. The number of methoxy groups -OCH3 is 2. The van der Waals surface area contributed by atoms with Crippen LogP contribution in [0.3, 0.4) is 0 Å². The molecule has 1 aromatic carbocycles. The molecule has 0 heterocycles. The second-order valence-corrected chi connectivity index (χ2v) is 5.03. The highest BCUT2D eigenvalue weighted by atomic mass is 16.5. The van der Waals surface area contributed by atoms with E-state index < -0.39 is 6.10 Å². The van der Waals surface area contributed by atoms with E-state index in [4.69, 9.17) is 9.47 Å². The number of hydrogen-bond acceptors (Lipinski definition) is 4. The molecule has 1 aliphatic carbocycles. The lowest BCUT2D eigenvalue weighted by molar-refractivity contribution is 0.0717. The fourth-order valence-corrected chi connectivity index (χ4v) is 2.47. The molecule has 0 spiro atoms. The Labute approximate surface area is 118 Å². The molecular weight excluding hydrogens is 258 g/mol. The highest BCUT2D eigenvalue weighted by molar-refractivity contribution is 5.95. The highest BCUT2D eigenvalue weighted by Crippen LogP contribution is 2.23. The summed E-state index contributed by atoms with van der Waals surface area (Å²) in [5.41, 5.74) is 0.471. The van der Waals surface area contributed by atoms with Crippen molar-refractivity contribution in [3.63, 3.8) is 0 Å². The zero-order valence-corrected chi connectivity index (χ0v) is 11.9. The Kier molecular flexibility index (Phi) is 4.84. The van der Waals surface area contributed by atoms with Gasteiger partial charge in [0.25, 0.3) is 5.91 Å². The van der Waals surface area contributed by atoms with Gasteiger partial charge in [0.1, 0.15) is 11.5 Å². The van der Waals surface area contributed by atoms with Gasteiger partial charge in [-0.3, -0.25) is 4.79 Å². The average molecular weight is 279 g/mol. The minimum Gasteiger partial charge on any atom is -0.497 e. The van der Waals surface area contributed by atoms with Gasteiger partial charge >= 0.3 is 0 Å². The number of aliphatic hydroxyl groups is 1. The fourth-order valence-electron chi connectivity index (χ4n) is 2.47. The minimum atomic E-state index is -0.458. The Morgan fingerprint density at radius 2 is 1.75 bits per heavy atom.